The lowest BCUT2D eigenvalue weighted by molar-refractivity contribution is -0.144. The van der Waals surface area contributed by atoms with Crippen molar-refractivity contribution in [2.75, 3.05) is 7.11 Å². The van der Waals surface area contributed by atoms with Gasteiger partial charge in [0.1, 0.15) is 12.1 Å². The van der Waals surface area contributed by atoms with E-state index in [1.807, 2.05) is 0 Å². The number of carboxylic acid groups (broad SMARTS) is 1. The Labute approximate surface area is 86.6 Å². The lowest BCUT2D eigenvalue weighted by Crippen LogP contribution is -2.46. The normalized spacial score (nSPS) is 14.0. The van der Waals surface area contributed by atoms with Crippen molar-refractivity contribution in [3.8, 4) is 0 Å². The third-order valence-electron chi connectivity index (χ3n) is 1.74. The summed E-state index contributed by atoms with van der Waals surface area (Å²) >= 11 is 0. The first kappa shape index (κ1) is 13.4. The van der Waals surface area contributed by atoms with Crippen LogP contribution in [0.4, 0.5) is 0 Å². The van der Waals surface area contributed by atoms with Crippen LogP contribution >= 0.6 is 0 Å². The number of rotatable bonds is 6. The lowest BCUT2D eigenvalue weighted by atomic mass is 10.2. The van der Waals surface area contributed by atoms with Gasteiger partial charge >= 0.3 is 5.97 Å². The van der Waals surface area contributed by atoms with Gasteiger partial charge < -0.3 is 20.9 Å². The molecule has 0 aliphatic carbocycles. The van der Waals surface area contributed by atoms with Crippen LogP contribution in [0.25, 0.3) is 0 Å². The van der Waals surface area contributed by atoms with E-state index in [2.05, 4.69) is 10.1 Å². The average molecular weight is 218 g/mol. The third-order valence-corrected chi connectivity index (χ3v) is 1.74. The van der Waals surface area contributed by atoms with Crippen LogP contribution in [0, 0.1) is 0 Å². The first-order chi connectivity index (χ1) is 6.88. The van der Waals surface area contributed by atoms with Gasteiger partial charge in [0.25, 0.3) is 0 Å². The van der Waals surface area contributed by atoms with Crippen LogP contribution in [-0.4, -0.2) is 42.1 Å². The zero-order valence-electron chi connectivity index (χ0n) is 8.52. The summed E-state index contributed by atoms with van der Waals surface area (Å²) in [5.41, 5.74) is 4.83. The number of primary amides is 1. The van der Waals surface area contributed by atoms with E-state index in [1.165, 1.54) is 14.0 Å². The molecule has 86 valence electrons. The SMILES string of the molecule is COC(C)C(=O)NC(CC(N)=O)C(=O)O. The minimum absolute atomic E-state index is 0.447. The summed E-state index contributed by atoms with van der Waals surface area (Å²) in [4.78, 5) is 32.3. The van der Waals surface area contributed by atoms with E-state index in [0.29, 0.717) is 0 Å². The van der Waals surface area contributed by atoms with Crippen LogP contribution in [0.3, 0.4) is 0 Å². The predicted molar refractivity (Wildman–Crippen MR) is 49.8 cm³/mol. The number of carboxylic acids is 1. The standard InChI is InChI=1S/C8H14N2O5/c1-4(15-2)7(12)10-5(8(13)14)3-6(9)11/h4-5H,3H2,1-2H3,(H2,9,11)(H,10,12)(H,13,14). The Bertz CT molecular complexity index is 266. The van der Waals surface area contributed by atoms with Crippen molar-refractivity contribution in [3.63, 3.8) is 0 Å². The van der Waals surface area contributed by atoms with E-state index in [1.54, 1.807) is 0 Å². The van der Waals surface area contributed by atoms with Gasteiger partial charge in [0.05, 0.1) is 6.42 Å². The quantitative estimate of drug-likeness (QED) is 0.499. The number of carbonyl (C=O) groups excluding carboxylic acids is 2. The first-order valence-electron chi connectivity index (χ1n) is 4.22. The molecule has 0 saturated carbocycles. The first-order valence-corrected chi connectivity index (χ1v) is 4.22. The molecule has 0 spiro atoms. The van der Waals surface area contributed by atoms with E-state index in [0.717, 1.165) is 0 Å². The molecule has 0 aliphatic heterocycles. The van der Waals surface area contributed by atoms with E-state index < -0.39 is 36.4 Å². The van der Waals surface area contributed by atoms with Crippen molar-refractivity contribution < 1.29 is 24.2 Å². The van der Waals surface area contributed by atoms with Crippen molar-refractivity contribution in [2.45, 2.75) is 25.5 Å². The molecule has 15 heavy (non-hydrogen) atoms. The molecule has 0 radical (unpaired) electrons. The van der Waals surface area contributed by atoms with Gasteiger partial charge in [0, 0.05) is 7.11 Å². The van der Waals surface area contributed by atoms with Gasteiger partial charge in [-0.15, -0.1) is 0 Å². The molecule has 0 aromatic carbocycles. The highest BCUT2D eigenvalue weighted by Crippen LogP contribution is 1.95. The Hall–Kier alpha value is -1.63. The van der Waals surface area contributed by atoms with Crippen LogP contribution in [-0.2, 0) is 19.1 Å². The molecule has 4 N–H and O–H groups in total. The van der Waals surface area contributed by atoms with Crippen molar-refractivity contribution in [3.05, 3.63) is 0 Å². The fraction of sp³-hybridized carbons (Fsp3) is 0.625. The van der Waals surface area contributed by atoms with Gasteiger partial charge in [-0.05, 0) is 6.92 Å². The van der Waals surface area contributed by atoms with Gasteiger partial charge in [0.2, 0.25) is 11.8 Å². The maximum Gasteiger partial charge on any atom is 0.326 e. The number of ether oxygens (including phenoxy) is 1. The minimum atomic E-state index is -1.31. The number of aliphatic carboxylic acids is 1. The Morgan fingerprint density at radius 1 is 1.47 bits per heavy atom. The van der Waals surface area contributed by atoms with Gasteiger partial charge in [-0.1, -0.05) is 0 Å². The Kier molecular flexibility index (Phi) is 5.32. The molecule has 0 bridgehead atoms. The number of methoxy groups -OCH3 is 1. The number of amides is 2. The Balaban J connectivity index is 4.35. The van der Waals surface area contributed by atoms with Crippen LogP contribution in [0.15, 0.2) is 0 Å². The monoisotopic (exact) mass is 218 g/mol. The number of nitrogens with one attached hydrogen (secondary N) is 1. The molecule has 0 fully saturated rings. The zero-order chi connectivity index (χ0) is 12.0. The Morgan fingerprint density at radius 2 is 2.00 bits per heavy atom. The van der Waals surface area contributed by atoms with E-state index in [-0.39, 0.29) is 0 Å². The molecule has 0 heterocycles. The summed E-state index contributed by atoms with van der Waals surface area (Å²) in [5, 5.41) is 10.8. The highest BCUT2D eigenvalue weighted by molar-refractivity contribution is 5.89. The van der Waals surface area contributed by atoms with E-state index >= 15 is 0 Å². The second kappa shape index (κ2) is 5.97. The summed E-state index contributed by atoms with van der Waals surface area (Å²) in [6, 6.07) is -1.31. The molecule has 2 amide bonds. The molecular formula is C8H14N2O5. The summed E-state index contributed by atoms with van der Waals surface area (Å²) in [7, 11) is 1.31. The van der Waals surface area contributed by atoms with Crippen molar-refractivity contribution in [1.82, 2.24) is 5.32 Å². The van der Waals surface area contributed by atoms with Gasteiger partial charge in [-0.25, -0.2) is 4.79 Å². The molecular weight excluding hydrogens is 204 g/mol. The molecule has 2 unspecified atom stereocenters. The average Bonchev–Trinajstić information content (AvgIpc) is 2.14. The van der Waals surface area contributed by atoms with Gasteiger partial charge in [-0.2, -0.15) is 0 Å². The maximum atomic E-state index is 11.2. The van der Waals surface area contributed by atoms with Crippen LogP contribution in [0.2, 0.25) is 0 Å². The molecule has 2 atom stereocenters. The highest BCUT2D eigenvalue weighted by Gasteiger charge is 2.24. The predicted octanol–water partition coefficient (Wildman–Crippen LogP) is -1.53. The largest absolute Gasteiger partial charge is 0.480 e. The highest BCUT2D eigenvalue weighted by atomic mass is 16.5. The van der Waals surface area contributed by atoms with Crippen molar-refractivity contribution in [2.24, 2.45) is 5.73 Å². The van der Waals surface area contributed by atoms with Gasteiger partial charge in [0.15, 0.2) is 0 Å². The number of nitrogens with two attached hydrogens (primary N) is 1. The fourth-order valence-corrected chi connectivity index (χ4v) is 0.797. The summed E-state index contributed by atoms with van der Waals surface area (Å²) in [6.45, 7) is 1.46. The molecule has 0 aliphatic rings. The van der Waals surface area contributed by atoms with Crippen LogP contribution in [0.5, 0.6) is 0 Å². The molecule has 7 heteroatoms. The number of carbonyl (C=O) groups is 3. The number of hydrogen-bond acceptors (Lipinski definition) is 4. The molecule has 0 aromatic rings. The molecule has 0 aromatic heterocycles. The minimum Gasteiger partial charge on any atom is -0.480 e. The lowest BCUT2D eigenvalue weighted by Gasteiger charge is -2.15. The third kappa shape index (κ3) is 4.96. The second-order valence-electron chi connectivity index (χ2n) is 2.95. The smallest absolute Gasteiger partial charge is 0.326 e. The van der Waals surface area contributed by atoms with E-state index in [9.17, 15) is 14.4 Å². The topological polar surface area (TPSA) is 119 Å². The second-order valence-corrected chi connectivity index (χ2v) is 2.95. The molecule has 7 nitrogen and oxygen atoms in total. The molecule has 0 rings (SSSR count). The fourth-order valence-electron chi connectivity index (χ4n) is 0.797. The van der Waals surface area contributed by atoms with E-state index in [4.69, 9.17) is 10.8 Å². The van der Waals surface area contributed by atoms with Crippen LogP contribution in [0.1, 0.15) is 13.3 Å². The van der Waals surface area contributed by atoms with Crippen molar-refractivity contribution >= 4 is 17.8 Å². The molecule has 0 saturated heterocycles. The van der Waals surface area contributed by atoms with Crippen LogP contribution < -0.4 is 11.1 Å². The summed E-state index contributed by atoms with van der Waals surface area (Å²) < 4.78 is 4.68. The summed E-state index contributed by atoms with van der Waals surface area (Å²) in [5.74, 6) is -2.72. The van der Waals surface area contributed by atoms with Crippen molar-refractivity contribution in [1.29, 1.82) is 0 Å². The van der Waals surface area contributed by atoms with Gasteiger partial charge in [-0.3, -0.25) is 9.59 Å². The Morgan fingerprint density at radius 3 is 2.33 bits per heavy atom. The zero-order valence-corrected chi connectivity index (χ0v) is 8.52. The maximum absolute atomic E-state index is 11.2. The summed E-state index contributed by atoms with van der Waals surface area (Å²) in [6.07, 6.45) is -1.22. The number of hydrogen-bond donors (Lipinski definition) is 3.